The number of likely N-dealkylation sites (N-methyl/N-ethyl adjacent to an activating group) is 1. The largest absolute Gasteiger partial charge is 0.373 e. The fourth-order valence-corrected chi connectivity index (χ4v) is 3.77. The lowest BCUT2D eigenvalue weighted by Gasteiger charge is -2.47. The van der Waals surface area contributed by atoms with E-state index in [2.05, 4.69) is 38.2 Å². The molecule has 1 aromatic carbocycles. The topological polar surface area (TPSA) is 21.3 Å². The van der Waals surface area contributed by atoms with Gasteiger partial charge in [0.15, 0.2) is 0 Å². The molecular formula is C18H28ClNO. The number of ether oxygens (including phenoxy) is 1. The molecule has 3 heteroatoms. The molecule has 2 rings (SSSR count). The van der Waals surface area contributed by atoms with Crippen LogP contribution in [0.4, 0.5) is 0 Å². The van der Waals surface area contributed by atoms with Crippen LogP contribution in [0.5, 0.6) is 0 Å². The summed E-state index contributed by atoms with van der Waals surface area (Å²) in [6, 6.07) is 8.34. The lowest BCUT2D eigenvalue weighted by Crippen LogP contribution is -2.49. The van der Waals surface area contributed by atoms with Crippen LogP contribution < -0.4 is 5.32 Å². The maximum Gasteiger partial charge on any atom is 0.0876 e. The second-order valence-corrected chi connectivity index (χ2v) is 7.38. The summed E-state index contributed by atoms with van der Waals surface area (Å²) in [5.41, 5.74) is 1.52. The molecule has 1 aliphatic carbocycles. The van der Waals surface area contributed by atoms with E-state index in [0.29, 0.717) is 5.41 Å². The van der Waals surface area contributed by atoms with Crippen molar-refractivity contribution in [2.75, 3.05) is 13.7 Å². The van der Waals surface area contributed by atoms with E-state index in [1.165, 1.54) is 18.4 Å². The SMILES string of the molecule is CCOC1(C(NC)c2cccc(Cl)c2)CCC(C)(C)CC1. The number of nitrogens with one attached hydrogen (secondary N) is 1. The van der Waals surface area contributed by atoms with Crippen LogP contribution in [0, 0.1) is 5.41 Å². The highest BCUT2D eigenvalue weighted by Gasteiger charge is 2.44. The van der Waals surface area contributed by atoms with E-state index in [4.69, 9.17) is 16.3 Å². The third kappa shape index (κ3) is 3.80. The summed E-state index contributed by atoms with van der Waals surface area (Å²) >= 11 is 6.18. The van der Waals surface area contributed by atoms with Crippen molar-refractivity contribution in [3.05, 3.63) is 34.9 Å². The lowest BCUT2D eigenvalue weighted by molar-refractivity contribution is -0.106. The van der Waals surface area contributed by atoms with Crippen LogP contribution in [-0.2, 0) is 4.74 Å². The van der Waals surface area contributed by atoms with Crippen molar-refractivity contribution in [1.82, 2.24) is 5.32 Å². The molecule has 21 heavy (non-hydrogen) atoms. The molecule has 0 heterocycles. The smallest absolute Gasteiger partial charge is 0.0876 e. The van der Waals surface area contributed by atoms with E-state index in [1.807, 2.05) is 19.2 Å². The van der Waals surface area contributed by atoms with Crippen LogP contribution in [0.25, 0.3) is 0 Å². The molecule has 0 amide bonds. The molecule has 1 saturated carbocycles. The van der Waals surface area contributed by atoms with Crippen molar-refractivity contribution in [2.45, 2.75) is 58.1 Å². The van der Waals surface area contributed by atoms with E-state index < -0.39 is 0 Å². The third-order valence-electron chi connectivity index (χ3n) is 4.88. The fourth-order valence-electron chi connectivity index (χ4n) is 3.57. The van der Waals surface area contributed by atoms with E-state index in [1.54, 1.807) is 0 Å². The van der Waals surface area contributed by atoms with Crippen LogP contribution in [-0.4, -0.2) is 19.3 Å². The molecule has 1 unspecified atom stereocenters. The number of halogens is 1. The van der Waals surface area contributed by atoms with Crippen LogP contribution >= 0.6 is 11.6 Å². The van der Waals surface area contributed by atoms with E-state index in [9.17, 15) is 0 Å². The standard InChI is InChI=1S/C18H28ClNO/c1-5-21-18(11-9-17(2,3)10-12-18)16(20-4)14-7-6-8-15(19)13-14/h6-8,13,16,20H,5,9-12H2,1-4H3. The molecule has 1 fully saturated rings. The molecule has 0 aliphatic heterocycles. The first kappa shape index (κ1) is 16.8. The molecule has 0 bridgehead atoms. The molecular weight excluding hydrogens is 282 g/mol. The van der Waals surface area contributed by atoms with Gasteiger partial charge in [-0.25, -0.2) is 0 Å². The number of hydrogen-bond acceptors (Lipinski definition) is 2. The van der Waals surface area contributed by atoms with Crippen molar-refractivity contribution in [1.29, 1.82) is 0 Å². The zero-order chi connectivity index (χ0) is 15.5. The minimum absolute atomic E-state index is 0.121. The second-order valence-electron chi connectivity index (χ2n) is 6.94. The van der Waals surface area contributed by atoms with Crippen molar-refractivity contribution in [2.24, 2.45) is 5.41 Å². The van der Waals surface area contributed by atoms with Gasteiger partial charge in [0, 0.05) is 11.6 Å². The third-order valence-corrected chi connectivity index (χ3v) is 5.11. The molecule has 0 spiro atoms. The molecule has 0 radical (unpaired) electrons. The van der Waals surface area contributed by atoms with Crippen molar-refractivity contribution in [3.63, 3.8) is 0 Å². The number of rotatable bonds is 5. The van der Waals surface area contributed by atoms with E-state index >= 15 is 0 Å². The van der Waals surface area contributed by atoms with Gasteiger partial charge < -0.3 is 10.1 Å². The maximum atomic E-state index is 6.31. The van der Waals surface area contributed by atoms with Crippen molar-refractivity contribution >= 4 is 11.6 Å². The minimum Gasteiger partial charge on any atom is -0.373 e. The summed E-state index contributed by atoms with van der Waals surface area (Å²) in [5.74, 6) is 0. The predicted octanol–water partition coefficient (Wildman–Crippen LogP) is 4.98. The average molecular weight is 310 g/mol. The van der Waals surface area contributed by atoms with Gasteiger partial charge in [-0.15, -0.1) is 0 Å². The summed E-state index contributed by atoms with van der Waals surface area (Å²) in [5, 5.41) is 4.27. The Kier molecular flexibility index (Phi) is 5.34. The molecule has 2 nitrogen and oxygen atoms in total. The maximum absolute atomic E-state index is 6.31. The Balaban J connectivity index is 2.31. The minimum atomic E-state index is -0.121. The molecule has 0 aromatic heterocycles. The summed E-state index contributed by atoms with van der Waals surface area (Å²) in [4.78, 5) is 0. The highest BCUT2D eigenvalue weighted by Crippen LogP contribution is 2.47. The van der Waals surface area contributed by atoms with Gasteiger partial charge in [0.1, 0.15) is 0 Å². The van der Waals surface area contributed by atoms with Crippen molar-refractivity contribution in [3.8, 4) is 0 Å². The van der Waals surface area contributed by atoms with Crippen LogP contribution in [0.15, 0.2) is 24.3 Å². The molecule has 0 saturated heterocycles. The Morgan fingerprint density at radius 3 is 2.43 bits per heavy atom. The Hall–Kier alpha value is -0.570. The number of benzene rings is 1. The molecule has 1 N–H and O–H groups in total. The van der Waals surface area contributed by atoms with E-state index in [-0.39, 0.29) is 11.6 Å². The van der Waals surface area contributed by atoms with E-state index in [0.717, 1.165) is 24.5 Å². The van der Waals surface area contributed by atoms with Gasteiger partial charge in [0.25, 0.3) is 0 Å². The van der Waals surface area contributed by atoms with Crippen LogP contribution in [0.3, 0.4) is 0 Å². The zero-order valence-electron chi connectivity index (χ0n) is 13.7. The Bertz CT molecular complexity index is 462. The summed E-state index contributed by atoms with van der Waals surface area (Å²) in [6.07, 6.45) is 4.58. The average Bonchev–Trinajstić information content (AvgIpc) is 2.43. The van der Waals surface area contributed by atoms with Gasteiger partial charge in [-0.1, -0.05) is 37.6 Å². The Labute approximate surface area is 134 Å². The lowest BCUT2D eigenvalue weighted by atomic mass is 9.67. The van der Waals surface area contributed by atoms with Gasteiger partial charge in [-0.3, -0.25) is 0 Å². The molecule has 1 atom stereocenters. The first-order valence-electron chi connectivity index (χ1n) is 7.99. The molecule has 1 aromatic rings. The Morgan fingerprint density at radius 1 is 1.24 bits per heavy atom. The normalized spacial score (nSPS) is 22.0. The zero-order valence-corrected chi connectivity index (χ0v) is 14.5. The molecule has 118 valence electrons. The highest BCUT2D eigenvalue weighted by molar-refractivity contribution is 6.30. The van der Waals surface area contributed by atoms with Gasteiger partial charge in [0.2, 0.25) is 0 Å². The van der Waals surface area contributed by atoms with Gasteiger partial charge >= 0.3 is 0 Å². The van der Waals surface area contributed by atoms with Gasteiger partial charge in [-0.05, 0) is 62.8 Å². The first-order valence-corrected chi connectivity index (χ1v) is 8.37. The van der Waals surface area contributed by atoms with Gasteiger partial charge in [-0.2, -0.15) is 0 Å². The summed E-state index contributed by atoms with van der Waals surface area (Å²) in [6.45, 7) is 7.55. The van der Waals surface area contributed by atoms with Gasteiger partial charge in [0.05, 0.1) is 11.6 Å². The predicted molar refractivity (Wildman–Crippen MR) is 89.9 cm³/mol. The summed E-state index contributed by atoms with van der Waals surface area (Å²) in [7, 11) is 2.02. The highest BCUT2D eigenvalue weighted by atomic mass is 35.5. The quantitative estimate of drug-likeness (QED) is 0.828. The van der Waals surface area contributed by atoms with Crippen LogP contribution in [0.2, 0.25) is 5.02 Å². The van der Waals surface area contributed by atoms with Crippen molar-refractivity contribution < 1.29 is 4.74 Å². The summed E-state index contributed by atoms with van der Waals surface area (Å²) < 4.78 is 6.31. The monoisotopic (exact) mass is 309 g/mol. The molecule has 1 aliphatic rings. The Morgan fingerprint density at radius 2 is 1.90 bits per heavy atom. The fraction of sp³-hybridized carbons (Fsp3) is 0.667. The number of hydrogen-bond donors (Lipinski definition) is 1. The first-order chi connectivity index (χ1) is 9.92. The second kappa shape index (κ2) is 6.68. The van der Waals surface area contributed by atoms with Crippen LogP contribution in [0.1, 0.15) is 58.1 Å².